The van der Waals surface area contributed by atoms with Gasteiger partial charge in [-0.2, -0.15) is 0 Å². The predicted molar refractivity (Wildman–Crippen MR) is 91.8 cm³/mol. The van der Waals surface area contributed by atoms with Gasteiger partial charge < -0.3 is 14.4 Å². The summed E-state index contributed by atoms with van der Waals surface area (Å²) < 4.78 is 8.95. The summed E-state index contributed by atoms with van der Waals surface area (Å²) in [7, 11) is 4.70. The summed E-state index contributed by atoms with van der Waals surface area (Å²) in [5.74, 6) is -0.733. The second kappa shape index (κ2) is 17.7. The van der Waals surface area contributed by atoms with E-state index in [4.69, 9.17) is 0 Å². The number of hydrogen-bond acceptors (Lipinski definition) is 5. The van der Waals surface area contributed by atoms with Crippen molar-refractivity contribution in [2.45, 2.75) is 26.7 Å². The molecule has 0 bridgehead atoms. The Morgan fingerprint density at radius 1 is 1.13 bits per heavy atom. The molecule has 0 radical (unpaired) electrons. The van der Waals surface area contributed by atoms with Crippen LogP contribution in [0.5, 0.6) is 0 Å². The van der Waals surface area contributed by atoms with Gasteiger partial charge >= 0.3 is 11.9 Å². The van der Waals surface area contributed by atoms with Gasteiger partial charge in [-0.3, -0.25) is 4.79 Å². The average Bonchev–Trinajstić information content (AvgIpc) is 2.54. The van der Waals surface area contributed by atoms with Gasteiger partial charge in [-0.1, -0.05) is 33.1 Å². The first-order chi connectivity index (χ1) is 10.7. The Morgan fingerprint density at radius 2 is 1.65 bits per heavy atom. The fourth-order valence-electron chi connectivity index (χ4n) is 0.733. The number of carbonyl (C=O) groups is 3. The number of carbonyl (C=O) groups excluding carboxylic acids is 3. The number of amides is 1. The van der Waals surface area contributed by atoms with Crippen molar-refractivity contribution in [3.63, 3.8) is 0 Å². The molecule has 0 aromatic rings. The van der Waals surface area contributed by atoms with Gasteiger partial charge in [0.1, 0.15) is 0 Å². The minimum atomic E-state index is -0.347. The summed E-state index contributed by atoms with van der Waals surface area (Å²) in [5.41, 5.74) is 0.433. The van der Waals surface area contributed by atoms with Crippen LogP contribution >= 0.6 is 0 Å². The van der Waals surface area contributed by atoms with Crippen molar-refractivity contribution in [1.82, 2.24) is 4.90 Å². The third-order valence-corrected chi connectivity index (χ3v) is 2.06. The SMILES string of the molecule is C=C(C)C(=O)OC.C=CC(=O)N(C)C.C=CC(=O)OCCCC. The second-order valence-corrected chi connectivity index (χ2v) is 4.43. The van der Waals surface area contributed by atoms with Crippen LogP contribution in [0.2, 0.25) is 0 Å². The molecular weight excluding hydrogens is 298 g/mol. The van der Waals surface area contributed by atoms with Crippen LogP contribution in [-0.4, -0.2) is 50.6 Å². The van der Waals surface area contributed by atoms with Crippen LogP contribution in [0, 0.1) is 0 Å². The van der Waals surface area contributed by atoms with Gasteiger partial charge in [0, 0.05) is 25.7 Å². The van der Waals surface area contributed by atoms with E-state index in [0.29, 0.717) is 12.2 Å². The van der Waals surface area contributed by atoms with Crippen LogP contribution in [0.1, 0.15) is 26.7 Å². The van der Waals surface area contributed by atoms with E-state index in [1.807, 2.05) is 6.92 Å². The van der Waals surface area contributed by atoms with Crippen molar-refractivity contribution in [3.8, 4) is 0 Å². The topological polar surface area (TPSA) is 72.9 Å². The molecule has 0 aliphatic heterocycles. The molecule has 6 heteroatoms. The first-order valence-corrected chi connectivity index (χ1v) is 7.04. The molecule has 0 unspecified atom stereocenters. The number of unbranched alkanes of at least 4 members (excludes halogenated alkanes) is 1. The molecule has 0 saturated carbocycles. The third-order valence-electron chi connectivity index (χ3n) is 2.06. The third kappa shape index (κ3) is 22.1. The van der Waals surface area contributed by atoms with Crippen LogP contribution in [-0.2, 0) is 23.9 Å². The normalized spacial score (nSPS) is 8.04. The van der Waals surface area contributed by atoms with E-state index in [2.05, 4.69) is 29.2 Å². The summed E-state index contributed by atoms with van der Waals surface area (Å²) in [6.07, 6.45) is 4.43. The lowest BCUT2D eigenvalue weighted by Crippen LogP contribution is -2.18. The molecule has 0 aliphatic carbocycles. The maximum absolute atomic E-state index is 10.3. The number of likely N-dealkylation sites (N-methyl/N-ethyl adjacent to an activating group) is 1. The fourth-order valence-corrected chi connectivity index (χ4v) is 0.733. The Morgan fingerprint density at radius 3 is 1.83 bits per heavy atom. The van der Waals surface area contributed by atoms with E-state index >= 15 is 0 Å². The molecule has 0 saturated heterocycles. The van der Waals surface area contributed by atoms with Gasteiger partial charge in [-0.15, -0.1) is 0 Å². The molecule has 6 nitrogen and oxygen atoms in total. The second-order valence-electron chi connectivity index (χ2n) is 4.43. The number of rotatable bonds is 6. The largest absolute Gasteiger partial charge is 0.466 e. The van der Waals surface area contributed by atoms with Crippen LogP contribution in [0.4, 0.5) is 0 Å². The van der Waals surface area contributed by atoms with Crippen LogP contribution < -0.4 is 0 Å². The van der Waals surface area contributed by atoms with Crippen molar-refractivity contribution in [2.24, 2.45) is 0 Å². The summed E-state index contributed by atoms with van der Waals surface area (Å²) in [6, 6.07) is 0. The number of hydrogen-bond donors (Lipinski definition) is 0. The molecule has 0 aromatic heterocycles. The molecule has 1 amide bonds. The molecule has 0 N–H and O–H groups in total. The summed E-state index contributed by atoms with van der Waals surface area (Å²) >= 11 is 0. The number of methoxy groups -OCH3 is 1. The van der Waals surface area contributed by atoms with Crippen LogP contribution in [0.3, 0.4) is 0 Å². The maximum Gasteiger partial charge on any atom is 0.332 e. The summed E-state index contributed by atoms with van der Waals surface area (Å²) in [5, 5.41) is 0. The molecular formula is C17H29NO5. The minimum Gasteiger partial charge on any atom is -0.466 e. The highest BCUT2D eigenvalue weighted by Gasteiger charge is 1.95. The molecule has 0 spiro atoms. The number of ether oxygens (including phenoxy) is 2. The van der Waals surface area contributed by atoms with Crippen molar-refractivity contribution >= 4 is 17.8 Å². The first-order valence-electron chi connectivity index (χ1n) is 7.04. The Bertz CT molecular complexity index is 398. The van der Waals surface area contributed by atoms with Crippen molar-refractivity contribution in [1.29, 1.82) is 0 Å². The van der Waals surface area contributed by atoms with E-state index in [0.717, 1.165) is 12.8 Å². The lowest BCUT2D eigenvalue weighted by molar-refractivity contribution is -0.138. The zero-order valence-corrected chi connectivity index (χ0v) is 14.9. The van der Waals surface area contributed by atoms with E-state index in [9.17, 15) is 14.4 Å². The highest BCUT2D eigenvalue weighted by molar-refractivity contribution is 5.87. The van der Waals surface area contributed by atoms with Gasteiger partial charge in [-0.05, 0) is 19.4 Å². The zero-order chi connectivity index (χ0) is 18.8. The van der Waals surface area contributed by atoms with Crippen molar-refractivity contribution in [2.75, 3.05) is 27.8 Å². The average molecular weight is 327 g/mol. The van der Waals surface area contributed by atoms with Gasteiger partial charge in [0.25, 0.3) is 0 Å². The molecule has 0 rings (SSSR count). The Kier molecular flexibility index (Phi) is 19.7. The molecule has 23 heavy (non-hydrogen) atoms. The minimum absolute atomic E-state index is 0.0556. The molecule has 0 heterocycles. The monoisotopic (exact) mass is 327 g/mol. The smallest absolute Gasteiger partial charge is 0.332 e. The molecule has 0 atom stereocenters. The van der Waals surface area contributed by atoms with Gasteiger partial charge in [0.2, 0.25) is 5.91 Å². The number of esters is 2. The van der Waals surface area contributed by atoms with Gasteiger partial charge in [0.05, 0.1) is 13.7 Å². The standard InChI is InChI=1S/C7H12O2.C5H9NO.C5H8O2/c1-3-5-6-9-7(8)4-2;1-4-5(7)6(2)3;1-4(2)5(6)7-3/h4H,2-3,5-6H2,1H3;4H,1H2,2-3H3;1H2,2-3H3. The summed E-state index contributed by atoms with van der Waals surface area (Å²) in [6.45, 7) is 14.1. The highest BCUT2D eigenvalue weighted by Crippen LogP contribution is 1.88. The van der Waals surface area contributed by atoms with E-state index in [-0.39, 0.29) is 17.8 Å². The van der Waals surface area contributed by atoms with E-state index in [1.54, 1.807) is 21.0 Å². The fraction of sp³-hybridized carbons (Fsp3) is 0.471. The van der Waals surface area contributed by atoms with Crippen molar-refractivity contribution < 1.29 is 23.9 Å². The Hall–Kier alpha value is -2.37. The molecule has 0 fully saturated rings. The van der Waals surface area contributed by atoms with E-state index in [1.165, 1.54) is 24.2 Å². The predicted octanol–water partition coefficient (Wildman–Crippen LogP) is 2.51. The Balaban J connectivity index is -0.000000264. The van der Waals surface area contributed by atoms with Gasteiger partial charge in [0.15, 0.2) is 0 Å². The van der Waals surface area contributed by atoms with Crippen LogP contribution in [0.15, 0.2) is 37.5 Å². The zero-order valence-electron chi connectivity index (χ0n) is 14.9. The lowest BCUT2D eigenvalue weighted by Gasteiger charge is -2.03. The van der Waals surface area contributed by atoms with Gasteiger partial charge in [-0.25, -0.2) is 9.59 Å². The number of nitrogens with zero attached hydrogens (tertiary/aromatic N) is 1. The van der Waals surface area contributed by atoms with Crippen LogP contribution in [0.25, 0.3) is 0 Å². The summed E-state index contributed by atoms with van der Waals surface area (Å²) in [4.78, 5) is 32.3. The highest BCUT2D eigenvalue weighted by atomic mass is 16.5. The molecule has 0 aliphatic rings. The first kappa shape index (κ1) is 25.6. The van der Waals surface area contributed by atoms with E-state index < -0.39 is 0 Å². The quantitative estimate of drug-likeness (QED) is 0.426. The van der Waals surface area contributed by atoms with Crippen molar-refractivity contribution in [3.05, 3.63) is 37.5 Å². The lowest BCUT2D eigenvalue weighted by atomic mass is 10.4. The maximum atomic E-state index is 10.3. The molecule has 0 aromatic carbocycles. The Labute approximate surface area is 139 Å². The molecule has 132 valence electrons.